The van der Waals surface area contributed by atoms with Crippen LogP contribution in [0.4, 0.5) is 24.7 Å². The molecular formula is C22H20ClF3N6O3. The number of hydrogen-bond acceptors (Lipinski definition) is 6. The second kappa shape index (κ2) is 9.47. The SMILES string of the molecule is COc1ccc(Cl)cc1-c1nn(C[C@@H](O)CC(F)(F)F)cc1NC(=O)c1c(N)nn2ccccc12. The highest BCUT2D eigenvalue weighted by Crippen LogP contribution is 2.36. The van der Waals surface area contributed by atoms with Crippen molar-refractivity contribution >= 4 is 34.5 Å². The summed E-state index contributed by atoms with van der Waals surface area (Å²) in [5.74, 6) is -0.258. The van der Waals surface area contributed by atoms with Crippen LogP contribution in [0.1, 0.15) is 16.8 Å². The molecule has 3 aromatic heterocycles. The number of nitrogens with one attached hydrogen (secondary N) is 1. The Morgan fingerprint density at radius 3 is 2.77 bits per heavy atom. The number of rotatable bonds is 7. The van der Waals surface area contributed by atoms with E-state index in [1.165, 1.54) is 17.8 Å². The summed E-state index contributed by atoms with van der Waals surface area (Å²) in [7, 11) is 1.43. The number of carbonyl (C=O) groups excluding carboxylic acids is 1. The fourth-order valence-electron chi connectivity index (χ4n) is 3.65. The number of nitrogens with two attached hydrogens (primary N) is 1. The van der Waals surface area contributed by atoms with Crippen molar-refractivity contribution in [3.05, 3.63) is 59.4 Å². The van der Waals surface area contributed by atoms with E-state index in [0.717, 1.165) is 4.68 Å². The third-order valence-electron chi connectivity index (χ3n) is 5.09. The van der Waals surface area contributed by atoms with Crippen LogP contribution in [0.25, 0.3) is 16.8 Å². The Kier molecular flexibility index (Phi) is 6.59. The van der Waals surface area contributed by atoms with Crippen LogP contribution < -0.4 is 15.8 Å². The van der Waals surface area contributed by atoms with Gasteiger partial charge >= 0.3 is 6.18 Å². The number of amides is 1. The smallest absolute Gasteiger partial charge is 0.391 e. The number of aliphatic hydroxyl groups excluding tert-OH is 1. The molecule has 0 spiro atoms. The lowest BCUT2D eigenvalue weighted by molar-refractivity contribution is -0.154. The minimum atomic E-state index is -4.55. The summed E-state index contributed by atoms with van der Waals surface area (Å²) in [6.45, 7) is -0.468. The predicted molar refractivity (Wildman–Crippen MR) is 123 cm³/mol. The van der Waals surface area contributed by atoms with E-state index < -0.39 is 31.2 Å². The minimum Gasteiger partial charge on any atom is -0.496 e. The number of hydrogen-bond donors (Lipinski definition) is 3. The van der Waals surface area contributed by atoms with Crippen LogP contribution in [0.3, 0.4) is 0 Å². The van der Waals surface area contributed by atoms with Gasteiger partial charge in [-0.05, 0) is 30.3 Å². The molecule has 0 fully saturated rings. The fourth-order valence-corrected chi connectivity index (χ4v) is 3.82. The van der Waals surface area contributed by atoms with E-state index in [4.69, 9.17) is 22.1 Å². The maximum absolute atomic E-state index is 13.2. The van der Waals surface area contributed by atoms with Crippen LogP contribution in [0, 0.1) is 0 Å². The average Bonchev–Trinajstić information content (AvgIpc) is 3.31. The summed E-state index contributed by atoms with van der Waals surface area (Å²) in [4.78, 5) is 13.2. The van der Waals surface area contributed by atoms with Crippen LogP contribution >= 0.6 is 11.6 Å². The van der Waals surface area contributed by atoms with Crippen LogP contribution in [0.2, 0.25) is 5.02 Å². The largest absolute Gasteiger partial charge is 0.496 e. The molecule has 35 heavy (non-hydrogen) atoms. The van der Waals surface area contributed by atoms with Gasteiger partial charge in [-0.3, -0.25) is 9.48 Å². The van der Waals surface area contributed by atoms with Gasteiger partial charge in [-0.1, -0.05) is 17.7 Å². The van der Waals surface area contributed by atoms with Gasteiger partial charge in [0.05, 0.1) is 37.4 Å². The molecule has 0 unspecified atom stereocenters. The van der Waals surface area contributed by atoms with Crippen molar-refractivity contribution in [3.63, 3.8) is 0 Å². The van der Waals surface area contributed by atoms with Gasteiger partial charge in [0.25, 0.3) is 5.91 Å². The molecule has 0 bridgehead atoms. The number of benzene rings is 1. The first-order chi connectivity index (χ1) is 16.6. The van der Waals surface area contributed by atoms with Gasteiger partial charge in [0.2, 0.25) is 0 Å². The number of nitrogen functional groups attached to an aromatic ring is 1. The number of aliphatic hydroxyl groups is 1. The third-order valence-corrected chi connectivity index (χ3v) is 5.32. The molecule has 4 N–H and O–H groups in total. The maximum Gasteiger partial charge on any atom is 0.391 e. The van der Waals surface area contributed by atoms with Gasteiger partial charge < -0.3 is 20.9 Å². The van der Waals surface area contributed by atoms with Crippen LogP contribution in [-0.2, 0) is 6.54 Å². The minimum absolute atomic E-state index is 0.0106. The summed E-state index contributed by atoms with van der Waals surface area (Å²) >= 11 is 6.14. The molecule has 1 amide bonds. The first-order valence-electron chi connectivity index (χ1n) is 10.3. The summed E-state index contributed by atoms with van der Waals surface area (Å²) in [6, 6.07) is 9.82. The van der Waals surface area contributed by atoms with Gasteiger partial charge in [-0.2, -0.15) is 18.3 Å². The maximum atomic E-state index is 13.2. The zero-order chi connectivity index (χ0) is 25.3. The summed E-state index contributed by atoms with van der Waals surface area (Å²) in [6.07, 6.45) is -4.77. The van der Waals surface area contributed by atoms with E-state index in [1.807, 2.05) is 0 Å². The van der Waals surface area contributed by atoms with E-state index in [-0.39, 0.29) is 22.8 Å². The molecule has 4 rings (SSSR count). The normalized spacial score (nSPS) is 12.6. The molecule has 0 saturated heterocycles. The van der Waals surface area contributed by atoms with Crippen molar-refractivity contribution in [3.8, 4) is 17.0 Å². The molecule has 1 atom stereocenters. The molecule has 1 aromatic carbocycles. The number of methoxy groups -OCH3 is 1. The first kappa shape index (κ1) is 24.4. The Balaban J connectivity index is 1.74. The van der Waals surface area contributed by atoms with E-state index in [2.05, 4.69) is 15.5 Å². The first-order valence-corrected chi connectivity index (χ1v) is 10.6. The lowest BCUT2D eigenvalue weighted by atomic mass is 10.1. The Labute approximate surface area is 201 Å². The summed E-state index contributed by atoms with van der Waals surface area (Å²) in [5, 5.41) is 21.4. The Morgan fingerprint density at radius 1 is 1.29 bits per heavy atom. The van der Waals surface area contributed by atoms with E-state index in [9.17, 15) is 23.1 Å². The Morgan fingerprint density at radius 2 is 2.06 bits per heavy atom. The number of anilines is 2. The van der Waals surface area contributed by atoms with Crippen molar-refractivity contribution in [1.82, 2.24) is 19.4 Å². The molecule has 4 aromatic rings. The van der Waals surface area contributed by atoms with Gasteiger partial charge in [-0.25, -0.2) is 4.52 Å². The number of halogens is 4. The van der Waals surface area contributed by atoms with Gasteiger partial charge in [0.15, 0.2) is 5.82 Å². The lowest BCUT2D eigenvalue weighted by Crippen LogP contribution is -2.24. The molecule has 0 radical (unpaired) electrons. The second-order valence-corrected chi connectivity index (χ2v) is 8.11. The quantitative estimate of drug-likeness (QED) is 0.347. The highest BCUT2D eigenvalue weighted by Gasteiger charge is 2.31. The molecule has 13 heteroatoms. The van der Waals surface area contributed by atoms with E-state index in [0.29, 0.717) is 21.9 Å². The Bertz CT molecular complexity index is 1380. The average molecular weight is 509 g/mol. The molecule has 0 aliphatic heterocycles. The number of pyridine rings is 1. The Hall–Kier alpha value is -3.77. The molecule has 9 nitrogen and oxygen atoms in total. The van der Waals surface area contributed by atoms with Crippen molar-refractivity contribution < 1.29 is 27.8 Å². The van der Waals surface area contributed by atoms with Crippen molar-refractivity contribution in [2.24, 2.45) is 0 Å². The van der Waals surface area contributed by atoms with Crippen LogP contribution in [0.5, 0.6) is 5.75 Å². The molecule has 0 aliphatic rings. The topological polar surface area (TPSA) is 120 Å². The van der Waals surface area contributed by atoms with Crippen molar-refractivity contribution in [2.75, 3.05) is 18.2 Å². The van der Waals surface area contributed by atoms with E-state index in [1.54, 1.807) is 42.6 Å². The van der Waals surface area contributed by atoms with Gasteiger partial charge in [0, 0.05) is 23.0 Å². The fraction of sp³-hybridized carbons (Fsp3) is 0.227. The second-order valence-electron chi connectivity index (χ2n) is 7.68. The summed E-state index contributed by atoms with van der Waals surface area (Å²) < 4.78 is 46.0. The number of aromatic nitrogens is 4. The highest BCUT2D eigenvalue weighted by atomic mass is 35.5. The molecule has 184 valence electrons. The van der Waals surface area contributed by atoms with Crippen LogP contribution in [-0.4, -0.2) is 49.8 Å². The molecule has 0 saturated carbocycles. The van der Waals surface area contributed by atoms with Crippen molar-refractivity contribution in [2.45, 2.75) is 25.2 Å². The van der Waals surface area contributed by atoms with Gasteiger partial charge in [0.1, 0.15) is 17.0 Å². The third kappa shape index (κ3) is 5.33. The summed E-state index contributed by atoms with van der Waals surface area (Å²) in [5.41, 5.74) is 7.23. The predicted octanol–water partition coefficient (Wildman–Crippen LogP) is 4.01. The van der Waals surface area contributed by atoms with Gasteiger partial charge in [-0.15, -0.1) is 5.10 Å². The zero-order valence-electron chi connectivity index (χ0n) is 18.3. The van der Waals surface area contributed by atoms with Crippen molar-refractivity contribution in [1.29, 1.82) is 0 Å². The standard InChI is InChI=1S/C22H20ClF3N6O3/c1-35-17-6-5-12(23)8-14(17)19-15(11-31(29-19)10-13(33)9-22(24,25)26)28-21(34)18-16-4-2-3-7-32(16)30-20(18)27/h2-8,11,13,33H,9-10H2,1H3,(H2,27,30)(H,28,34)/t13-/m0/s1. The molecule has 0 aliphatic carbocycles. The number of fused-ring (bicyclic) bond motifs is 1. The molecular weight excluding hydrogens is 489 g/mol. The van der Waals surface area contributed by atoms with E-state index >= 15 is 0 Å². The number of nitrogens with zero attached hydrogens (tertiary/aromatic N) is 4. The molecule has 3 heterocycles. The monoisotopic (exact) mass is 508 g/mol. The number of ether oxygens (including phenoxy) is 1. The number of alkyl halides is 3. The lowest BCUT2D eigenvalue weighted by Gasteiger charge is -2.12. The highest BCUT2D eigenvalue weighted by molar-refractivity contribution is 6.31. The van der Waals surface area contributed by atoms with Crippen LogP contribution in [0.15, 0.2) is 48.8 Å². The zero-order valence-corrected chi connectivity index (χ0v) is 19.0. The number of carbonyl (C=O) groups is 1.